The quantitative estimate of drug-likeness (QED) is 0.174. The van der Waals surface area contributed by atoms with E-state index < -0.39 is 0 Å². The van der Waals surface area contributed by atoms with Crippen molar-refractivity contribution in [2.45, 2.75) is 0 Å². The lowest BCUT2D eigenvalue weighted by atomic mass is 9.84. The highest BCUT2D eigenvalue weighted by Gasteiger charge is 2.25. The largest absolute Gasteiger partial charge is 0.464 e. The standard InChI is InChI=1S/C46H24O3S/c1-3-13-28-26(11-1)40(32-16-9-18-36-41(32)33-20-21-37-43(45(33)49-36)30-15-5-7-17-35(30)48-37)27-12-2-4-14-29(27)42(28)44-31-22-23-47-38(31)24-34-25-10-6-8-19-39(25)50-46(34)44/h1-24H. The number of fused-ring (bicyclic) bond motifs is 13. The van der Waals surface area contributed by atoms with Crippen LogP contribution in [-0.4, -0.2) is 0 Å². The minimum atomic E-state index is 0.834. The molecule has 0 saturated heterocycles. The minimum Gasteiger partial charge on any atom is -0.464 e. The summed E-state index contributed by atoms with van der Waals surface area (Å²) in [6.07, 6.45) is 1.82. The highest BCUT2D eigenvalue weighted by molar-refractivity contribution is 7.26. The maximum Gasteiger partial charge on any atom is 0.147 e. The van der Waals surface area contributed by atoms with Crippen molar-refractivity contribution in [1.29, 1.82) is 0 Å². The van der Waals surface area contributed by atoms with E-state index in [0.717, 1.165) is 60.4 Å². The zero-order chi connectivity index (χ0) is 32.5. The zero-order valence-electron chi connectivity index (χ0n) is 26.5. The van der Waals surface area contributed by atoms with Gasteiger partial charge in [0, 0.05) is 47.3 Å². The highest BCUT2D eigenvalue weighted by atomic mass is 32.1. The zero-order valence-corrected chi connectivity index (χ0v) is 27.3. The molecule has 0 bridgehead atoms. The van der Waals surface area contributed by atoms with Crippen molar-refractivity contribution in [3.63, 3.8) is 0 Å². The topological polar surface area (TPSA) is 39.4 Å². The van der Waals surface area contributed by atoms with Crippen LogP contribution in [0.4, 0.5) is 0 Å². The fraction of sp³-hybridized carbons (Fsp3) is 0. The molecule has 232 valence electrons. The van der Waals surface area contributed by atoms with Gasteiger partial charge in [0.15, 0.2) is 0 Å². The smallest absolute Gasteiger partial charge is 0.147 e. The van der Waals surface area contributed by atoms with Crippen molar-refractivity contribution in [1.82, 2.24) is 0 Å². The molecule has 0 unspecified atom stereocenters. The third-order valence-corrected chi connectivity index (χ3v) is 11.8. The summed E-state index contributed by atoms with van der Waals surface area (Å²) in [7, 11) is 0. The lowest BCUT2D eigenvalue weighted by Crippen LogP contribution is -1.92. The molecule has 0 spiro atoms. The second-order valence-electron chi connectivity index (χ2n) is 13.1. The Balaban J connectivity index is 1.25. The molecule has 0 amide bonds. The molecule has 12 aromatic rings. The SMILES string of the molecule is c1ccc2c(c1)oc1ccc3c(oc4cccc(-c5c6ccccc6c(-c6c7ccoc7cc7c6sc6ccccc67)c6ccccc56)c43)c12. The fourth-order valence-electron chi connectivity index (χ4n) is 8.52. The summed E-state index contributed by atoms with van der Waals surface area (Å²) in [5.74, 6) is 0. The molecule has 3 nitrogen and oxygen atoms in total. The Bertz CT molecular complexity index is 3330. The van der Waals surface area contributed by atoms with Gasteiger partial charge in [0.25, 0.3) is 0 Å². The lowest BCUT2D eigenvalue weighted by Gasteiger charge is -2.19. The Hall–Kier alpha value is -6.36. The van der Waals surface area contributed by atoms with Crippen molar-refractivity contribution in [3.05, 3.63) is 146 Å². The van der Waals surface area contributed by atoms with Crippen LogP contribution in [0.1, 0.15) is 0 Å². The predicted molar refractivity (Wildman–Crippen MR) is 210 cm³/mol. The first-order valence-corrected chi connectivity index (χ1v) is 17.6. The summed E-state index contributed by atoms with van der Waals surface area (Å²) in [6, 6.07) is 49.7. The summed E-state index contributed by atoms with van der Waals surface area (Å²) in [4.78, 5) is 0. The summed E-state index contributed by atoms with van der Waals surface area (Å²) in [5, 5.41) is 12.7. The maximum absolute atomic E-state index is 6.76. The van der Waals surface area contributed by atoms with Crippen LogP contribution in [0.5, 0.6) is 0 Å². The van der Waals surface area contributed by atoms with Gasteiger partial charge in [-0.3, -0.25) is 0 Å². The van der Waals surface area contributed by atoms with Gasteiger partial charge in [0.2, 0.25) is 0 Å². The van der Waals surface area contributed by atoms with Crippen LogP contribution < -0.4 is 0 Å². The number of hydrogen-bond acceptors (Lipinski definition) is 4. The average Bonchev–Trinajstić information content (AvgIpc) is 3.95. The van der Waals surface area contributed by atoms with Crippen molar-refractivity contribution >= 4 is 108 Å². The van der Waals surface area contributed by atoms with Gasteiger partial charge in [0.1, 0.15) is 27.9 Å². The van der Waals surface area contributed by atoms with E-state index in [0.29, 0.717) is 0 Å². The van der Waals surface area contributed by atoms with Crippen LogP contribution >= 0.6 is 11.3 Å². The first-order valence-electron chi connectivity index (χ1n) is 16.8. The van der Waals surface area contributed by atoms with E-state index in [4.69, 9.17) is 13.3 Å². The van der Waals surface area contributed by atoms with E-state index in [9.17, 15) is 0 Å². The van der Waals surface area contributed by atoms with Gasteiger partial charge in [-0.05, 0) is 80.7 Å². The van der Waals surface area contributed by atoms with Crippen LogP contribution in [-0.2, 0) is 0 Å². The summed E-state index contributed by atoms with van der Waals surface area (Å²) in [6.45, 7) is 0. The van der Waals surface area contributed by atoms with Crippen molar-refractivity contribution < 1.29 is 13.3 Å². The number of thiophene rings is 1. The van der Waals surface area contributed by atoms with Crippen LogP contribution in [0.2, 0.25) is 0 Å². The van der Waals surface area contributed by atoms with Crippen LogP contribution in [0.25, 0.3) is 119 Å². The molecular formula is C46H24O3S. The number of hydrogen-bond donors (Lipinski definition) is 0. The van der Waals surface area contributed by atoms with Crippen molar-refractivity contribution in [2.75, 3.05) is 0 Å². The Labute approximate surface area is 288 Å². The summed E-state index contributed by atoms with van der Waals surface area (Å²) in [5.41, 5.74) is 9.15. The molecule has 0 aliphatic carbocycles. The Morgan fingerprint density at radius 2 is 1.04 bits per heavy atom. The number of rotatable bonds is 2. The van der Waals surface area contributed by atoms with E-state index in [-0.39, 0.29) is 0 Å². The van der Waals surface area contributed by atoms with E-state index >= 15 is 0 Å². The molecule has 12 rings (SSSR count). The van der Waals surface area contributed by atoms with E-state index in [1.54, 1.807) is 0 Å². The molecule has 4 aromatic heterocycles. The van der Waals surface area contributed by atoms with Gasteiger partial charge in [-0.15, -0.1) is 11.3 Å². The molecule has 4 heterocycles. The maximum atomic E-state index is 6.76. The highest BCUT2D eigenvalue weighted by Crippen LogP contribution is 2.52. The summed E-state index contributed by atoms with van der Waals surface area (Å²) < 4.78 is 21.7. The third-order valence-electron chi connectivity index (χ3n) is 10.6. The van der Waals surface area contributed by atoms with Gasteiger partial charge in [0.05, 0.1) is 11.6 Å². The Morgan fingerprint density at radius 1 is 0.380 bits per heavy atom. The van der Waals surface area contributed by atoms with Crippen LogP contribution in [0, 0.1) is 0 Å². The second-order valence-corrected chi connectivity index (χ2v) is 14.1. The van der Waals surface area contributed by atoms with Gasteiger partial charge in [-0.2, -0.15) is 0 Å². The third kappa shape index (κ3) is 3.38. The molecule has 0 N–H and O–H groups in total. The second kappa shape index (κ2) is 9.63. The molecule has 0 aliphatic heterocycles. The van der Waals surface area contributed by atoms with E-state index in [1.165, 1.54) is 58.4 Å². The van der Waals surface area contributed by atoms with Crippen LogP contribution in [0.3, 0.4) is 0 Å². The molecule has 0 radical (unpaired) electrons. The molecule has 0 atom stereocenters. The van der Waals surface area contributed by atoms with Crippen LogP contribution in [0.15, 0.2) is 159 Å². The number of para-hydroxylation sites is 1. The van der Waals surface area contributed by atoms with E-state index in [1.807, 2.05) is 29.7 Å². The van der Waals surface area contributed by atoms with Crippen molar-refractivity contribution in [3.8, 4) is 22.3 Å². The van der Waals surface area contributed by atoms with Gasteiger partial charge >= 0.3 is 0 Å². The average molecular weight is 657 g/mol. The lowest BCUT2D eigenvalue weighted by molar-refractivity contribution is 0.616. The predicted octanol–water partition coefficient (Wildman–Crippen LogP) is 14.2. The number of benzene rings is 8. The van der Waals surface area contributed by atoms with Gasteiger partial charge in [-0.25, -0.2) is 0 Å². The first kappa shape index (κ1) is 26.6. The normalized spacial score (nSPS) is 12.4. The fourth-order valence-corrected chi connectivity index (χ4v) is 9.77. The van der Waals surface area contributed by atoms with E-state index in [2.05, 4.69) is 127 Å². The first-order chi connectivity index (χ1) is 24.8. The number of furan rings is 3. The minimum absolute atomic E-state index is 0.834. The molecule has 0 aliphatic rings. The molecule has 0 saturated carbocycles. The van der Waals surface area contributed by atoms with Gasteiger partial charge < -0.3 is 13.3 Å². The van der Waals surface area contributed by atoms with Gasteiger partial charge in [-0.1, -0.05) is 97.1 Å². The Kier molecular flexibility index (Phi) is 5.12. The molecule has 8 aromatic carbocycles. The molecule has 4 heteroatoms. The molecule has 50 heavy (non-hydrogen) atoms. The molecule has 0 fully saturated rings. The molecular weight excluding hydrogens is 633 g/mol. The Morgan fingerprint density at radius 3 is 1.84 bits per heavy atom. The summed E-state index contributed by atoms with van der Waals surface area (Å²) >= 11 is 1.86. The monoisotopic (exact) mass is 656 g/mol. The van der Waals surface area contributed by atoms with Crippen molar-refractivity contribution in [2.24, 2.45) is 0 Å².